The summed E-state index contributed by atoms with van der Waals surface area (Å²) in [7, 11) is 0. The Morgan fingerprint density at radius 3 is 2.83 bits per heavy atom. The lowest BCUT2D eigenvalue weighted by Gasteiger charge is -2.03. The van der Waals surface area contributed by atoms with Crippen LogP contribution >= 0.6 is 0 Å². The van der Waals surface area contributed by atoms with Crippen LogP contribution in [0.4, 0.5) is 0 Å². The Morgan fingerprint density at radius 1 is 1.67 bits per heavy atom. The number of nitrogens with two attached hydrogens (primary N) is 1. The normalized spacial score (nSPS) is 14.4. The van der Waals surface area contributed by atoms with E-state index in [1.54, 1.807) is 6.92 Å². The van der Waals surface area contributed by atoms with Crippen molar-refractivity contribution in [2.45, 2.75) is 32.8 Å². The van der Waals surface area contributed by atoms with Crippen molar-refractivity contribution in [1.82, 2.24) is 5.32 Å². The van der Waals surface area contributed by atoms with Gasteiger partial charge in [0.2, 0.25) is 0 Å². The van der Waals surface area contributed by atoms with Gasteiger partial charge >= 0.3 is 0 Å². The molecule has 4 heteroatoms. The first-order chi connectivity index (χ1) is 5.66. The van der Waals surface area contributed by atoms with E-state index in [2.05, 4.69) is 10.3 Å². The molecule has 0 amide bonds. The molecule has 0 aliphatic rings. The number of nitrogens with one attached hydrogen (secondary N) is 1. The molecule has 4 nitrogen and oxygen atoms in total. The molecule has 0 rings (SSSR count). The average molecular weight is 173 g/mol. The lowest BCUT2D eigenvalue weighted by molar-refractivity contribution is 0.182. The molecule has 0 fully saturated rings. The van der Waals surface area contributed by atoms with Gasteiger partial charge in [-0.2, -0.15) is 0 Å². The molecule has 72 valence electrons. The van der Waals surface area contributed by atoms with E-state index in [0.29, 0.717) is 12.5 Å². The first kappa shape index (κ1) is 11.2. The van der Waals surface area contributed by atoms with E-state index in [1.165, 1.54) is 0 Å². The Hall–Kier alpha value is -0.770. The fraction of sp³-hybridized carbons (Fsp3) is 0.875. The van der Waals surface area contributed by atoms with Crippen molar-refractivity contribution in [1.29, 1.82) is 0 Å². The number of aliphatic hydroxyl groups excluding tert-OH is 1. The molecule has 0 saturated heterocycles. The summed E-state index contributed by atoms with van der Waals surface area (Å²) in [6.45, 7) is 5.23. The monoisotopic (exact) mass is 173 g/mol. The minimum atomic E-state index is -0.236. The molecular formula is C8H19N3O. The van der Waals surface area contributed by atoms with Crippen molar-refractivity contribution in [3.63, 3.8) is 0 Å². The minimum Gasteiger partial charge on any atom is -0.393 e. The standard InChI is InChI=1S/C8H19N3O/c1-3-10-8(9)11-6-4-5-7(2)12/h7,12H,3-6H2,1-2H3,(H3,9,10,11). The first-order valence-electron chi connectivity index (χ1n) is 4.38. The first-order valence-corrected chi connectivity index (χ1v) is 4.38. The second-order valence-electron chi connectivity index (χ2n) is 2.79. The van der Waals surface area contributed by atoms with Gasteiger partial charge in [0, 0.05) is 13.1 Å². The van der Waals surface area contributed by atoms with Crippen molar-refractivity contribution in [2.75, 3.05) is 13.1 Å². The Morgan fingerprint density at radius 2 is 2.33 bits per heavy atom. The fourth-order valence-corrected chi connectivity index (χ4v) is 0.823. The number of aliphatic imine (C=N–C) groups is 1. The SMILES string of the molecule is CCNC(N)=NCCCC(C)O. The predicted octanol–water partition coefficient (Wildman–Crippen LogP) is 0.0716. The topological polar surface area (TPSA) is 70.6 Å². The molecular weight excluding hydrogens is 154 g/mol. The van der Waals surface area contributed by atoms with Gasteiger partial charge in [0.1, 0.15) is 0 Å². The van der Waals surface area contributed by atoms with E-state index in [1.807, 2.05) is 6.92 Å². The van der Waals surface area contributed by atoms with Gasteiger partial charge in [-0.05, 0) is 26.7 Å². The van der Waals surface area contributed by atoms with Crippen LogP contribution in [0.1, 0.15) is 26.7 Å². The Labute approximate surface area is 73.9 Å². The van der Waals surface area contributed by atoms with E-state index >= 15 is 0 Å². The molecule has 0 radical (unpaired) electrons. The van der Waals surface area contributed by atoms with Gasteiger partial charge in [-0.1, -0.05) is 0 Å². The number of hydrogen-bond donors (Lipinski definition) is 3. The summed E-state index contributed by atoms with van der Waals surface area (Å²) in [5.74, 6) is 0.489. The second kappa shape index (κ2) is 6.91. The molecule has 4 N–H and O–H groups in total. The molecule has 0 saturated carbocycles. The van der Waals surface area contributed by atoms with E-state index < -0.39 is 0 Å². The number of guanidine groups is 1. The Kier molecular flexibility index (Phi) is 6.47. The highest BCUT2D eigenvalue weighted by molar-refractivity contribution is 5.77. The minimum absolute atomic E-state index is 0.236. The van der Waals surface area contributed by atoms with Gasteiger partial charge in [-0.25, -0.2) is 0 Å². The third-order valence-electron chi connectivity index (χ3n) is 1.42. The van der Waals surface area contributed by atoms with Crippen LogP contribution in [0.25, 0.3) is 0 Å². The largest absolute Gasteiger partial charge is 0.393 e. The van der Waals surface area contributed by atoms with Gasteiger partial charge < -0.3 is 16.2 Å². The highest BCUT2D eigenvalue weighted by atomic mass is 16.3. The van der Waals surface area contributed by atoms with E-state index in [9.17, 15) is 0 Å². The van der Waals surface area contributed by atoms with Crippen LogP contribution in [-0.2, 0) is 0 Å². The lowest BCUT2D eigenvalue weighted by atomic mass is 10.2. The zero-order chi connectivity index (χ0) is 9.40. The van der Waals surface area contributed by atoms with Crippen molar-refractivity contribution < 1.29 is 5.11 Å². The smallest absolute Gasteiger partial charge is 0.188 e. The third kappa shape index (κ3) is 7.34. The molecule has 0 aromatic heterocycles. The van der Waals surface area contributed by atoms with E-state index in [-0.39, 0.29) is 6.10 Å². The van der Waals surface area contributed by atoms with Crippen molar-refractivity contribution in [2.24, 2.45) is 10.7 Å². The Balaban J connectivity index is 3.33. The summed E-state index contributed by atoms with van der Waals surface area (Å²) in [6.07, 6.45) is 1.42. The van der Waals surface area contributed by atoms with Gasteiger partial charge in [-0.15, -0.1) is 0 Å². The third-order valence-corrected chi connectivity index (χ3v) is 1.42. The zero-order valence-electron chi connectivity index (χ0n) is 7.88. The van der Waals surface area contributed by atoms with Gasteiger partial charge in [0.25, 0.3) is 0 Å². The van der Waals surface area contributed by atoms with Crippen LogP contribution in [0.15, 0.2) is 4.99 Å². The predicted molar refractivity (Wildman–Crippen MR) is 51.1 cm³/mol. The number of hydrogen-bond acceptors (Lipinski definition) is 2. The maximum Gasteiger partial charge on any atom is 0.188 e. The van der Waals surface area contributed by atoms with Crippen LogP contribution in [0.3, 0.4) is 0 Å². The van der Waals surface area contributed by atoms with Crippen molar-refractivity contribution >= 4 is 5.96 Å². The van der Waals surface area contributed by atoms with E-state index in [0.717, 1.165) is 19.4 Å². The van der Waals surface area contributed by atoms with Crippen LogP contribution in [0.5, 0.6) is 0 Å². The maximum absolute atomic E-state index is 8.93. The fourth-order valence-electron chi connectivity index (χ4n) is 0.823. The van der Waals surface area contributed by atoms with Gasteiger partial charge in [0.15, 0.2) is 5.96 Å². The van der Waals surface area contributed by atoms with Crippen molar-refractivity contribution in [3.8, 4) is 0 Å². The van der Waals surface area contributed by atoms with Crippen LogP contribution in [0.2, 0.25) is 0 Å². The zero-order valence-corrected chi connectivity index (χ0v) is 7.88. The molecule has 0 aliphatic heterocycles. The maximum atomic E-state index is 8.93. The van der Waals surface area contributed by atoms with Gasteiger partial charge in [0.05, 0.1) is 6.10 Å². The van der Waals surface area contributed by atoms with Gasteiger partial charge in [-0.3, -0.25) is 4.99 Å². The molecule has 1 atom stereocenters. The highest BCUT2D eigenvalue weighted by Crippen LogP contribution is 1.94. The molecule has 0 aromatic carbocycles. The number of aliphatic hydroxyl groups is 1. The molecule has 0 aliphatic carbocycles. The summed E-state index contributed by atoms with van der Waals surface area (Å²) in [6, 6.07) is 0. The number of nitrogens with zero attached hydrogens (tertiary/aromatic N) is 1. The summed E-state index contributed by atoms with van der Waals surface area (Å²) in [5, 5.41) is 11.8. The molecule has 0 heterocycles. The molecule has 12 heavy (non-hydrogen) atoms. The van der Waals surface area contributed by atoms with Crippen LogP contribution < -0.4 is 11.1 Å². The second-order valence-corrected chi connectivity index (χ2v) is 2.79. The molecule has 0 spiro atoms. The van der Waals surface area contributed by atoms with Crippen LogP contribution in [-0.4, -0.2) is 30.3 Å². The highest BCUT2D eigenvalue weighted by Gasteiger charge is 1.94. The quantitative estimate of drug-likeness (QED) is 0.313. The average Bonchev–Trinajstić information content (AvgIpc) is 1.98. The Bertz CT molecular complexity index is 134. The number of rotatable bonds is 5. The molecule has 0 aromatic rings. The molecule has 1 unspecified atom stereocenters. The summed E-state index contributed by atoms with van der Waals surface area (Å²) in [5.41, 5.74) is 5.48. The van der Waals surface area contributed by atoms with E-state index in [4.69, 9.17) is 10.8 Å². The summed E-state index contributed by atoms with van der Waals surface area (Å²) < 4.78 is 0. The van der Waals surface area contributed by atoms with Crippen molar-refractivity contribution in [3.05, 3.63) is 0 Å². The molecule has 0 bridgehead atoms. The lowest BCUT2D eigenvalue weighted by Crippen LogP contribution is -2.31. The summed E-state index contributed by atoms with van der Waals surface area (Å²) >= 11 is 0. The van der Waals surface area contributed by atoms with Crippen LogP contribution in [0, 0.1) is 0 Å². The summed E-state index contributed by atoms with van der Waals surface area (Å²) in [4.78, 5) is 4.06.